The first kappa shape index (κ1) is 19.0. The molecule has 2 aromatic rings. The van der Waals surface area contributed by atoms with E-state index >= 15 is 0 Å². The molecule has 0 saturated carbocycles. The number of nitrogens with one attached hydrogen (secondary N) is 1. The maximum absolute atomic E-state index is 13.7. The maximum Gasteiger partial charge on any atom is 0.291 e. The highest BCUT2D eigenvalue weighted by Gasteiger charge is 2.75. The highest BCUT2D eigenvalue weighted by molar-refractivity contribution is 6.25. The number of aryl methyl sites for hydroxylation is 2. The topological polar surface area (TPSA) is 103 Å². The molecule has 3 heterocycles. The normalized spacial score (nSPS) is 30.6. The van der Waals surface area contributed by atoms with Crippen LogP contribution < -0.4 is 15.5 Å². The summed E-state index contributed by atoms with van der Waals surface area (Å²) in [5.74, 6) is -2.72. The number of carbonyl (C=O) groups is 3. The Bertz CT molecular complexity index is 1090. The van der Waals surface area contributed by atoms with Crippen molar-refractivity contribution in [3.8, 4) is 0 Å². The van der Waals surface area contributed by atoms with E-state index in [4.69, 9.17) is 0 Å². The lowest BCUT2D eigenvalue weighted by atomic mass is 9.76. The van der Waals surface area contributed by atoms with Gasteiger partial charge in [0.05, 0.1) is 11.4 Å². The third kappa shape index (κ3) is 2.30. The van der Waals surface area contributed by atoms with Crippen LogP contribution in [0.1, 0.15) is 23.6 Å². The number of aliphatic hydroxyl groups is 1. The Morgan fingerprint density at radius 1 is 1.07 bits per heavy atom. The van der Waals surface area contributed by atoms with Crippen molar-refractivity contribution in [2.75, 3.05) is 10.2 Å². The van der Waals surface area contributed by atoms with Gasteiger partial charge in [-0.15, -0.1) is 0 Å². The fourth-order valence-corrected chi connectivity index (χ4v) is 5.62. The van der Waals surface area contributed by atoms with E-state index in [1.54, 1.807) is 30.4 Å². The van der Waals surface area contributed by atoms with Crippen LogP contribution in [0.4, 0.5) is 11.4 Å². The van der Waals surface area contributed by atoms with E-state index in [2.05, 4.69) is 5.32 Å². The van der Waals surface area contributed by atoms with Crippen LogP contribution in [0.15, 0.2) is 42.5 Å². The van der Waals surface area contributed by atoms with Gasteiger partial charge < -0.3 is 15.7 Å². The number of carbonyl (C=O) groups excluding carboxylic acids is 3. The molecular weight excluding hydrogens is 382 g/mol. The molecule has 0 unspecified atom stereocenters. The van der Waals surface area contributed by atoms with Crippen molar-refractivity contribution in [1.29, 1.82) is 0 Å². The van der Waals surface area contributed by atoms with Crippen LogP contribution in [0.3, 0.4) is 0 Å². The van der Waals surface area contributed by atoms with Gasteiger partial charge >= 0.3 is 0 Å². The number of rotatable bonds is 2. The largest absolute Gasteiger partial charge is 0.387 e. The van der Waals surface area contributed by atoms with E-state index in [1.807, 2.05) is 38.1 Å². The minimum absolute atomic E-state index is 0.315. The standard InChI is InChI=1S/C23H23N3O4/c1-11-8-12(2)10-14(9-11)26-20(28)17-18(21(26)29)23(25-19(17)13(3)27)15-6-4-5-7-16(15)24-22(23)30/h4-10,13,17-19,25,27H,1-3H3,(H,24,30)/p+1/t13-,17+,18+,19-,23-/m1/s1. The first-order valence-electron chi connectivity index (χ1n) is 10.2. The van der Waals surface area contributed by atoms with Crippen LogP contribution in [0.25, 0.3) is 0 Å². The molecule has 0 aliphatic carbocycles. The molecule has 0 bridgehead atoms. The number of imide groups is 1. The lowest BCUT2D eigenvalue weighted by Crippen LogP contribution is -3.00. The zero-order valence-corrected chi connectivity index (χ0v) is 17.0. The van der Waals surface area contributed by atoms with Crippen LogP contribution in [-0.2, 0) is 19.9 Å². The fraction of sp³-hybridized carbons (Fsp3) is 0.348. The van der Waals surface area contributed by atoms with E-state index in [0.717, 1.165) is 11.1 Å². The van der Waals surface area contributed by atoms with Gasteiger partial charge in [0.2, 0.25) is 17.4 Å². The zero-order valence-electron chi connectivity index (χ0n) is 17.0. The molecule has 154 valence electrons. The van der Waals surface area contributed by atoms with Crippen molar-refractivity contribution in [1.82, 2.24) is 0 Å². The SMILES string of the molecule is Cc1cc(C)cc(N2C(=O)[C@@H]3[C@@H]([C@@H](C)O)[NH2+][C@@]4(C(=O)Nc5ccccc54)[C@@H]3C2=O)c1. The van der Waals surface area contributed by atoms with Gasteiger partial charge in [-0.3, -0.25) is 14.4 Å². The number of quaternary nitrogens is 1. The summed E-state index contributed by atoms with van der Waals surface area (Å²) in [7, 11) is 0. The summed E-state index contributed by atoms with van der Waals surface area (Å²) in [6.45, 7) is 5.43. The zero-order chi connectivity index (χ0) is 21.4. The average Bonchev–Trinajstić information content (AvgIpc) is 3.26. The summed E-state index contributed by atoms with van der Waals surface area (Å²) in [4.78, 5) is 41.7. The van der Waals surface area contributed by atoms with E-state index in [9.17, 15) is 19.5 Å². The molecule has 5 rings (SSSR count). The summed E-state index contributed by atoms with van der Waals surface area (Å²) in [6.07, 6.45) is -0.867. The van der Waals surface area contributed by atoms with Crippen molar-refractivity contribution in [3.63, 3.8) is 0 Å². The lowest BCUT2D eigenvalue weighted by Gasteiger charge is -2.27. The molecule has 2 fully saturated rings. The summed E-state index contributed by atoms with van der Waals surface area (Å²) in [5.41, 5.74) is 2.48. The van der Waals surface area contributed by atoms with E-state index in [-0.39, 0.29) is 17.7 Å². The second kappa shape index (κ2) is 6.23. The first-order chi connectivity index (χ1) is 14.3. The van der Waals surface area contributed by atoms with Crippen LogP contribution in [0.2, 0.25) is 0 Å². The molecule has 0 radical (unpaired) electrons. The number of nitrogens with zero attached hydrogens (tertiary/aromatic N) is 1. The second-order valence-electron chi connectivity index (χ2n) is 8.71. The molecule has 2 saturated heterocycles. The Kier molecular flexibility index (Phi) is 3.94. The second-order valence-corrected chi connectivity index (χ2v) is 8.71. The highest BCUT2D eigenvalue weighted by Crippen LogP contribution is 2.50. The molecule has 4 N–H and O–H groups in total. The number of aliphatic hydroxyl groups excluding tert-OH is 1. The van der Waals surface area contributed by atoms with Gasteiger partial charge in [0.1, 0.15) is 24.0 Å². The van der Waals surface area contributed by atoms with E-state index < -0.39 is 29.5 Å². The molecule has 30 heavy (non-hydrogen) atoms. The van der Waals surface area contributed by atoms with Crippen molar-refractivity contribution < 1.29 is 24.8 Å². The Labute approximate surface area is 174 Å². The van der Waals surface area contributed by atoms with Gasteiger partial charge in [-0.1, -0.05) is 24.3 Å². The van der Waals surface area contributed by atoms with E-state index in [1.165, 1.54) is 4.90 Å². The predicted octanol–water partition coefficient (Wildman–Crippen LogP) is 0.583. The molecule has 2 aromatic carbocycles. The van der Waals surface area contributed by atoms with Crippen LogP contribution in [0, 0.1) is 25.7 Å². The Morgan fingerprint density at radius 2 is 1.73 bits per heavy atom. The summed E-state index contributed by atoms with van der Waals surface area (Å²) < 4.78 is 0. The van der Waals surface area contributed by atoms with Gasteiger partial charge in [-0.2, -0.15) is 0 Å². The first-order valence-corrected chi connectivity index (χ1v) is 10.2. The van der Waals surface area contributed by atoms with Crippen LogP contribution >= 0.6 is 0 Å². The number of benzene rings is 2. The minimum atomic E-state index is -1.26. The minimum Gasteiger partial charge on any atom is -0.387 e. The fourth-order valence-electron chi connectivity index (χ4n) is 5.62. The quantitative estimate of drug-likeness (QED) is 0.635. The number of amides is 3. The molecule has 7 heteroatoms. The monoisotopic (exact) mass is 406 g/mol. The van der Waals surface area contributed by atoms with Crippen LogP contribution in [0.5, 0.6) is 0 Å². The Morgan fingerprint density at radius 3 is 2.40 bits per heavy atom. The van der Waals surface area contributed by atoms with E-state index in [0.29, 0.717) is 16.9 Å². The van der Waals surface area contributed by atoms with Gasteiger partial charge in [0.25, 0.3) is 5.91 Å². The Hall–Kier alpha value is -3.03. The number of para-hydroxylation sites is 1. The van der Waals surface area contributed by atoms with Gasteiger partial charge in [0.15, 0.2) is 0 Å². The lowest BCUT2D eigenvalue weighted by molar-refractivity contribution is -0.738. The van der Waals surface area contributed by atoms with Crippen LogP contribution in [-0.4, -0.2) is 35.0 Å². The highest BCUT2D eigenvalue weighted by atomic mass is 16.3. The molecule has 7 nitrogen and oxygen atoms in total. The molecule has 3 amide bonds. The molecule has 0 aromatic heterocycles. The van der Waals surface area contributed by atoms with Crippen molar-refractivity contribution in [2.45, 2.75) is 38.5 Å². The predicted molar refractivity (Wildman–Crippen MR) is 110 cm³/mol. The van der Waals surface area contributed by atoms with Crippen molar-refractivity contribution in [2.24, 2.45) is 11.8 Å². The molecular formula is C23H24N3O4+. The number of hydrogen-bond donors (Lipinski definition) is 3. The Balaban J connectivity index is 1.70. The maximum atomic E-state index is 13.7. The summed E-state index contributed by atoms with van der Waals surface area (Å²) >= 11 is 0. The number of fused-ring (bicyclic) bond motifs is 4. The van der Waals surface area contributed by atoms with Gasteiger partial charge in [0, 0.05) is 5.56 Å². The third-order valence-electron chi connectivity index (χ3n) is 6.73. The summed E-state index contributed by atoms with van der Waals surface area (Å²) in [6, 6.07) is 12.2. The molecule has 5 atom stereocenters. The summed E-state index contributed by atoms with van der Waals surface area (Å²) in [5, 5.41) is 15.1. The smallest absolute Gasteiger partial charge is 0.291 e. The third-order valence-corrected chi connectivity index (χ3v) is 6.73. The average molecular weight is 406 g/mol. The van der Waals surface area contributed by atoms with Crippen molar-refractivity contribution >= 4 is 29.1 Å². The number of anilines is 2. The number of hydrogen-bond acceptors (Lipinski definition) is 4. The van der Waals surface area contributed by atoms with Gasteiger partial charge in [-0.05, 0) is 50.1 Å². The van der Waals surface area contributed by atoms with Crippen molar-refractivity contribution in [3.05, 3.63) is 59.2 Å². The molecule has 3 aliphatic rings. The number of nitrogens with two attached hydrogens (primary N) is 1. The molecule has 1 spiro atoms. The molecule has 3 aliphatic heterocycles. The van der Waals surface area contributed by atoms with Gasteiger partial charge in [-0.25, -0.2) is 4.90 Å².